The maximum Gasteiger partial charge on any atom is 0.124 e. The van der Waals surface area contributed by atoms with Crippen LogP contribution in [0.25, 0.3) is 10.6 Å². The fourth-order valence-corrected chi connectivity index (χ4v) is 2.93. The highest BCUT2D eigenvalue weighted by molar-refractivity contribution is 7.15. The number of nitrogens with one attached hydrogen (secondary N) is 1. The van der Waals surface area contributed by atoms with Crippen LogP contribution in [0.1, 0.15) is 23.9 Å². The van der Waals surface area contributed by atoms with Crippen LogP contribution in [0.3, 0.4) is 0 Å². The van der Waals surface area contributed by atoms with Gasteiger partial charge in [-0.2, -0.15) is 0 Å². The van der Waals surface area contributed by atoms with E-state index in [2.05, 4.69) is 17.2 Å². The average Bonchev–Trinajstić information content (AvgIpc) is 2.83. The Morgan fingerprint density at radius 3 is 2.95 bits per heavy atom. The molecule has 1 aromatic carbocycles. The molecule has 2 rings (SSSR count). The molecule has 1 heterocycles. The summed E-state index contributed by atoms with van der Waals surface area (Å²) in [7, 11) is 1.66. The molecule has 0 radical (unpaired) electrons. The molecule has 0 bridgehead atoms. The SMILES string of the molecule is CCCNCc1sc(-c2cccc(F)c2)nc1COC. The molecule has 0 spiro atoms. The van der Waals surface area contributed by atoms with Crippen molar-refractivity contribution < 1.29 is 9.13 Å². The number of hydrogen-bond donors (Lipinski definition) is 1. The van der Waals surface area contributed by atoms with Crippen LogP contribution in [-0.4, -0.2) is 18.6 Å². The first-order valence-electron chi connectivity index (χ1n) is 6.68. The minimum atomic E-state index is -0.239. The summed E-state index contributed by atoms with van der Waals surface area (Å²) < 4.78 is 18.5. The zero-order valence-electron chi connectivity index (χ0n) is 11.8. The molecule has 3 nitrogen and oxygen atoms in total. The van der Waals surface area contributed by atoms with Crippen molar-refractivity contribution in [3.63, 3.8) is 0 Å². The highest BCUT2D eigenvalue weighted by atomic mass is 32.1. The van der Waals surface area contributed by atoms with E-state index in [1.54, 1.807) is 24.5 Å². The predicted octanol–water partition coefficient (Wildman–Crippen LogP) is 3.60. The average molecular weight is 294 g/mol. The Balaban J connectivity index is 2.23. The van der Waals surface area contributed by atoms with Crippen molar-refractivity contribution >= 4 is 11.3 Å². The molecule has 0 unspecified atom stereocenters. The van der Waals surface area contributed by atoms with Gasteiger partial charge in [-0.25, -0.2) is 9.37 Å². The lowest BCUT2D eigenvalue weighted by molar-refractivity contribution is 0.181. The summed E-state index contributed by atoms with van der Waals surface area (Å²) in [5.74, 6) is -0.239. The third kappa shape index (κ3) is 3.85. The predicted molar refractivity (Wildman–Crippen MR) is 80.2 cm³/mol. The molecule has 0 amide bonds. The molecule has 0 saturated heterocycles. The molecule has 20 heavy (non-hydrogen) atoms. The van der Waals surface area contributed by atoms with E-state index < -0.39 is 0 Å². The van der Waals surface area contributed by atoms with Gasteiger partial charge in [0.25, 0.3) is 0 Å². The summed E-state index contributed by atoms with van der Waals surface area (Å²) in [5, 5.41) is 4.20. The van der Waals surface area contributed by atoms with Crippen LogP contribution < -0.4 is 5.32 Å². The van der Waals surface area contributed by atoms with Gasteiger partial charge in [-0.05, 0) is 25.1 Å². The van der Waals surface area contributed by atoms with Gasteiger partial charge >= 0.3 is 0 Å². The molecule has 0 aliphatic heterocycles. The van der Waals surface area contributed by atoms with Crippen LogP contribution in [0.4, 0.5) is 4.39 Å². The summed E-state index contributed by atoms with van der Waals surface area (Å²) in [6.45, 7) is 4.36. The van der Waals surface area contributed by atoms with Gasteiger partial charge in [0.15, 0.2) is 0 Å². The number of rotatable bonds is 7. The maximum absolute atomic E-state index is 13.3. The zero-order chi connectivity index (χ0) is 14.4. The zero-order valence-corrected chi connectivity index (χ0v) is 12.6. The Kier molecular flexibility index (Phi) is 5.64. The van der Waals surface area contributed by atoms with Crippen LogP contribution in [0, 0.1) is 5.82 Å². The van der Waals surface area contributed by atoms with E-state index >= 15 is 0 Å². The van der Waals surface area contributed by atoms with Gasteiger partial charge in [0.1, 0.15) is 10.8 Å². The van der Waals surface area contributed by atoms with E-state index in [0.29, 0.717) is 6.61 Å². The fraction of sp³-hybridized carbons (Fsp3) is 0.400. The largest absolute Gasteiger partial charge is 0.378 e. The molecule has 1 N–H and O–H groups in total. The smallest absolute Gasteiger partial charge is 0.124 e. The second kappa shape index (κ2) is 7.47. The Morgan fingerprint density at radius 2 is 2.25 bits per heavy atom. The lowest BCUT2D eigenvalue weighted by Gasteiger charge is -2.02. The quantitative estimate of drug-likeness (QED) is 0.792. The molecule has 5 heteroatoms. The van der Waals surface area contributed by atoms with Crippen LogP contribution in [0.5, 0.6) is 0 Å². The first-order chi connectivity index (χ1) is 9.74. The lowest BCUT2D eigenvalue weighted by Crippen LogP contribution is -2.14. The monoisotopic (exact) mass is 294 g/mol. The number of thiazole rings is 1. The summed E-state index contributed by atoms with van der Waals surface area (Å²) in [6, 6.07) is 6.54. The Morgan fingerprint density at radius 1 is 1.40 bits per heavy atom. The number of aromatic nitrogens is 1. The maximum atomic E-state index is 13.3. The van der Waals surface area contributed by atoms with Gasteiger partial charge in [-0.1, -0.05) is 19.1 Å². The molecule has 0 atom stereocenters. The second-order valence-corrected chi connectivity index (χ2v) is 5.59. The first kappa shape index (κ1) is 15.1. The minimum Gasteiger partial charge on any atom is -0.378 e. The van der Waals surface area contributed by atoms with Gasteiger partial charge in [0.2, 0.25) is 0 Å². The van der Waals surface area contributed by atoms with E-state index in [9.17, 15) is 4.39 Å². The van der Waals surface area contributed by atoms with Crippen molar-refractivity contribution in [3.8, 4) is 10.6 Å². The third-order valence-electron chi connectivity index (χ3n) is 2.84. The number of methoxy groups -OCH3 is 1. The molecule has 0 fully saturated rings. The van der Waals surface area contributed by atoms with E-state index in [-0.39, 0.29) is 5.82 Å². The van der Waals surface area contributed by atoms with Crippen LogP contribution in [0.2, 0.25) is 0 Å². The van der Waals surface area contributed by atoms with Gasteiger partial charge in [0, 0.05) is 24.1 Å². The number of nitrogens with zero attached hydrogens (tertiary/aromatic N) is 1. The molecule has 0 aliphatic carbocycles. The molecular weight excluding hydrogens is 275 g/mol. The number of benzene rings is 1. The van der Waals surface area contributed by atoms with Crippen molar-refractivity contribution in [3.05, 3.63) is 40.7 Å². The summed E-state index contributed by atoms with van der Waals surface area (Å²) >= 11 is 1.59. The lowest BCUT2D eigenvalue weighted by atomic mass is 10.2. The first-order valence-corrected chi connectivity index (χ1v) is 7.50. The Hall–Kier alpha value is -1.30. The third-order valence-corrected chi connectivity index (χ3v) is 3.99. The van der Waals surface area contributed by atoms with Crippen LogP contribution in [0.15, 0.2) is 24.3 Å². The topological polar surface area (TPSA) is 34.2 Å². The molecule has 108 valence electrons. The summed E-state index contributed by atoms with van der Waals surface area (Å²) in [4.78, 5) is 5.73. The number of halogens is 1. The van der Waals surface area contributed by atoms with Crippen molar-refractivity contribution in [1.29, 1.82) is 0 Å². The highest BCUT2D eigenvalue weighted by Gasteiger charge is 2.12. The second-order valence-electron chi connectivity index (χ2n) is 4.51. The van der Waals surface area contributed by atoms with Crippen LogP contribution in [-0.2, 0) is 17.9 Å². The Bertz CT molecular complexity index is 557. The van der Waals surface area contributed by atoms with E-state index in [1.165, 1.54) is 12.1 Å². The number of hydrogen-bond acceptors (Lipinski definition) is 4. The number of ether oxygens (including phenoxy) is 1. The molecule has 0 saturated carbocycles. The van der Waals surface area contributed by atoms with Gasteiger partial charge in [-0.15, -0.1) is 11.3 Å². The van der Waals surface area contributed by atoms with Crippen molar-refractivity contribution in [2.45, 2.75) is 26.5 Å². The molecule has 1 aromatic heterocycles. The van der Waals surface area contributed by atoms with Crippen molar-refractivity contribution in [2.24, 2.45) is 0 Å². The summed E-state index contributed by atoms with van der Waals surface area (Å²) in [6.07, 6.45) is 1.09. The van der Waals surface area contributed by atoms with Crippen LogP contribution >= 0.6 is 11.3 Å². The molecular formula is C15H19FN2OS. The van der Waals surface area contributed by atoms with Crippen molar-refractivity contribution in [2.75, 3.05) is 13.7 Å². The molecule has 2 aromatic rings. The van der Waals surface area contributed by atoms with E-state index in [4.69, 9.17) is 4.74 Å². The molecule has 0 aliphatic rings. The minimum absolute atomic E-state index is 0.239. The van der Waals surface area contributed by atoms with Gasteiger partial charge in [0.05, 0.1) is 12.3 Å². The van der Waals surface area contributed by atoms with E-state index in [1.807, 2.05) is 6.07 Å². The van der Waals surface area contributed by atoms with E-state index in [0.717, 1.165) is 40.7 Å². The normalized spacial score (nSPS) is 10.9. The van der Waals surface area contributed by atoms with Crippen molar-refractivity contribution in [1.82, 2.24) is 10.3 Å². The fourth-order valence-electron chi connectivity index (χ4n) is 1.89. The van der Waals surface area contributed by atoms with Gasteiger partial charge < -0.3 is 10.1 Å². The standard InChI is InChI=1S/C15H19FN2OS/c1-3-7-17-9-14-13(10-19-2)18-15(20-14)11-5-4-6-12(16)8-11/h4-6,8,17H,3,7,9-10H2,1-2H3. The van der Waals surface area contributed by atoms with Gasteiger partial charge in [-0.3, -0.25) is 0 Å². The Labute approximate surface area is 122 Å². The summed E-state index contributed by atoms with van der Waals surface area (Å²) in [5.41, 5.74) is 1.74. The highest BCUT2D eigenvalue weighted by Crippen LogP contribution is 2.29.